The first kappa shape index (κ1) is 16.0. The Balaban J connectivity index is 2.14. The standard InChI is InChI=1S/C17H26N2O2/c1-3-5-11-19(14-9-7-6-8-10-14)17(20)15-12-21-13-16(15)18-4-2/h6-10,15-16,18H,3-5,11-13H2,1-2H3. The lowest BCUT2D eigenvalue weighted by atomic mass is 10.0. The Bertz CT molecular complexity index is 436. The molecule has 1 aromatic rings. The van der Waals surface area contributed by atoms with E-state index in [9.17, 15) is 4.79 Å². The molecule has 21 heavy (non-hydrogen) atoms. The number of anilines is 1. The smallest absolute Gasteiger partial charge is 0.234 e. The van der Waals surface area contributed by atoms with Crippen molar-refractivity contribution in [1.82, 2.24) is 5.32 Å². The third-order valence-electron chi connectivity index (χ3n) is 3.93. The molecule has 1 fully saturated rings. The zero-order valence-electron chi connectivity index (χ0n) is 13.0. The average Bonchev–Trinajstić information content (AvgIpc) is 2.97. The van der Waals surface area contributed by atoms with E-state index in [1.54, 1.807) is 0 Å². The molecule has 1 saturated heterocycles. The van der Waals surface area contributed by atoms with E-state index in [4.69, 9.17) is 4.74 Å². The highest BCUT2D eigenvalue weighted by Crippen LogP contribution is 2.22. The van der Waals surface area contributed by atoms with Gasteiger partial charge in [0.15, 0.2) is 0 Å². The van der Waals surface area contributed by atoms with Crippen molar-refractivity contribution in [3.05, 3.63) is 30.3 Å². The van der Waals surface area contributed by atoms with Gasteiger partial charge >= 0.3 is 0 Å². The van der Waals surface area contributed by atoms with Crippen LogP contribution in [0.25, 0.3) is 0 Å². The Morgan fingerprint density at radius 2 is 2.05 bits per heavy atom. The maximum Gasteiger partial charge on any atom is 0.234 e. The van der Waals surface area contributed by atoms with Crippen LogP contribution in [0.15, 0.2) is 30.3 Å². The molecule has 0 radical (unpaired) electrons. The summed E-state index contributed by atoms with van der Waals surface area (Å²) in [7, 11) is 0. The minimum Gasteiger partial charge on any atom is -0.379 e. The monoisotopic (exact) mass is 290 g/mol. The molecule has 1 amide bonds. The first-order chi connectivity index (χ1) is 10.3. The van der Waals surface area contributed by atoms with Gasteiger partial charge in [0.1, 0.15) is 0 Å². The molecular weight excluding hydrogens is 264 g/mol. The van der Waals surface area contributed by atoms with Crippen LogP contribution in [0.5, 0.6) is 0 Å². The molecule has 0 bridgehead atoms. The number of nitrogens with zero attached hydrogens (tertiary/aromatic N) is 1. The second-order valence-corrected chi connectivity index (χ2v) is 5.49. The Hall–Kier alpha value is -1.39. The van der Waals surface area contributed by atoms with Gasteiger partial charge < -0.3 is 15.0 Å². The van der Waals surface area contributed by atoms with Crippen LogP contribution < -0.4 is 10.2 Å². The maximum absolute atomic E-state index is 12.9. The van der Waals surface area contributed by atoms with E-state index in [0.29, 0.717) is 13.2 Å². The summed E-state index contributed by atoms with van der Waals surface area (Å²) in [5, 5.41) is 3.37. The van der Waals surface area contributed by atoms with Crippen molar-refractivity contribution < 1.29 is 9.53 Å². The van der Waals surface area contributed by atoms with Crippen molar-refractivity contribution >= 4 is 11.6 Å². The summed E-state index contributed by atoms with van der Waals surface area (Å²) >= 11 is 0. The number of para-hydroxylation sites is 1. The van der Waals surface area contributed by atoms with E-state index in [1.807, 2.05) is 35.2 Å². The fourth-order valence-electron chi connectivity index (χ4n) is 2.75. The number of hydrogen-bond donors (Lipinski definition) is 1. The van der Waals surface area contributed by atoms with Crippen LogP contribution in [-0.4, -0.2) is 38.3 Å². The molecule has 2 unspecified atom stereocenters. The molecular formula is C17H26N2O2. The Morgan fingerprint density at radius 3 is 2.71 bits per heavy atom. The molecule has 1 N–H and O–H groups in total. The van der Waals surface area contributed by atoms with Gasteiger partial charge in [-0.2, -0.15) is 0 Å². The molecule has 0 aliphatic carbocycles. The molecule has 0 aromatic heterocycles. The summed E-state index contributed by atoms with van der Waals surface area (Å²) < 4.78 is 5.52. The maximum atomic E-state index is 12.9. The van der Waals surface area contributed by atoms with Crippen LogP contribution in [0.2, 0.25) is 0 Å². The van der Waals surface area contributed by atoms with Gasteiger partial charge in [-0.1, -0.05) is 38.5 Å². The predicted octanol–water partition coefficient (Wildman–Crippen LogP) is 2.44. The quantitative estimate of drug-likeness (QED) is 0.838. The first-order valence-corrected chi connectivity index (χ1v) is 7.95. The number of hydrogen-bond acceptors (Lipinski definition) is 3. The minimum atomic E-state index is -0.0815. The van der Waals surface area contributed by atoms with E-state index in [1.165, 1.54) is 0 Å². The highest BCUT2D eigenvalue weighted by Gasteiger charge is 2.36. The highest BCUT2D eigenvalue weighted by molar-refractivity contribution is 5.95. The molecule has 0 saturated carbocycles. The first-order valence-electron chi connectivity index (χ1n) is 7.95. The van der Waals surface area contributed by atoms with Crippen molar-refractivity contribution in [2.45, 2.75) is 32.7 Å². The van der Waals surface area contributed by atoms with Gasteiger partial charge in [0.2, 0.25) is 5.91 Å². The molecule has 1 aliphatic heterocycles. The zero-order chi connectivity index (χ0) is 15.1. The largest absolute Gasteiger partial charge is 0.379 e. The minimum absolute atomic E-state index is 0.0815. The molecule has 4 heteroatoms. The molecule has 0 spiro atoms. The van der Waals surface area contributed by atoms with Crippen molar-refractivity contribution in [1.29, 1.82) is 0 Å². The van der Waals surface area contributed by atoms with Gasteiger partial charge in [0.25, 0.3) is 0 Å². The van der Waals surface area contributed by atoms with E-state index < -0.39 is 0 Å². The number of ether oxygens (including phenoxy) is 1. The van der Waals surface area contributed by atoms with E-state index in [0.717, 1.165) is 31.6 Å². The number of unbranched alkanes of at least 4 members (excludes halogenated alkanes) is 1. The Morgan fingerprint density at radius 1 is 1.29 bits per heavy atom. The number of amides is 1. The number of carbonyl (C=O) groups is 1. The van der Waals surface area contributed by atoms with Crippen LogP contribution in [0.4, 0.5) is 5.69 Å². The third-order valence-corrected chi connectivity index (χ3v) is 3.93. The Kier molecular flexibility index (Phi) is 6.21. The lowest BCUT2D eigenvalue weighted by molar-refractivity contribution is -0.122. The number of rotatable bonds is 7. The zero-order valence-corrected chi connectivity index (χ0v) is 13.0. The van der Waals surface area contributed by atoms with Crippen molar-refractivity contribution in [3.8, 4) is 0 Å². The van der Waals surface area contributed by atoms with Gasteiger partial charge in [-0.25, -0.2) is 0 Å². The molecule has 1 aliphatic rings. The fraction of sp³-hybridized carbons (Fsp3) is 0.588. The summed E-state index contributed by atoms with van der Waals surface area (Å²) in [5.41, 5.74) is 0.984. The second kappa shape index (κ2) is 8.15. The molecule has 1 heterocycles. The number of carbonyl (C=O) groups excluding carboxylic acids is 1. The molecule has 4 nitrogen and oxygen atoms in total. The van der Waals surface area contributed by atoms with E-state index in [-0.39, 0.29) is 17.9 Å². The molecule has 2 rings (SSSR count). The van der Waals surface area contributed by atoms with Gasteiger partial charge in [0, 0.05) is 18.3 Å². The van der Waals surface area contributed by atoms with Gasteiger partial charge in [-0.15, -0.1) is 0 Å². The summed E-state index contributed by atoms with van der Waals surface area (Å²) in [6, 6.07) is 10.1. The van der Waals surface area contributed by atoms with E-state index in [2.05, 4.69) is 19.2 Å². The summed E-state index contributed by atoms with van der Waals surface area (Å²) in [6.45, 7) is 6.99. The average molecular weight is 290 g/mol. The van der Waals surface area contributed by atoms with E-state index >= 15 is 0 Å². The van der Waals surface area contributed by atoms with Gasteiger partial charge in [-0.3, -0.25) is 4.79 Å². The molecule has 1 aromatic carbocycles. The summed E-state index contributed by atoms with van der Waals surface area (Å²) in [4.78, 5) is 14.9. The summed E-state index contributed by atoms with van der Waals surface area (Å²) in [6.07, 6.45) is 2.09. The summed E-state index contributed by atoms with van der Waals surface area (Å²) in [5.74, 6) is 0.0973. The SMILES string of the molecule is CCCCN(C(=O)C1COCC1NCC)c1ccccc1. The normalized spacial score (nSPS) is 21.4. The Labute approximate surface area is 127 Å². The van der Waals surface area contributed by atoms with Crippen LogP contribution in [0.3, 0.4) is 0 Å². The fourth-order valence-corrected chi connectivity index (χ4v) is 2.75. The number of nitrogens with one attached hydrogen (secondary N) is 1. The second-order valence-electron chi connectivity index (χ2n) is 5.49. The van der Waals surface area contributed by atoms with Crippen LogP contribution in [-0.2, 0) is 9.53 Å². The number of likely N-dealkylation sites (N-methyl/N-ethyl adjacent to an activating group) is 1. The van der Waals surface area contributed by atoms with Crippen LogP contribution in [0.1, 0.15) is 26.7 Å². The topological polar surface area (TPSA) is 41.6 Å². The highest BCUT2D eigenvalue weighted by atomic mass is 16.5. The number of benzene rings is 1. The molecule has 116 valence electrons. The predicted molar refractivity (Wildman–Crippen MR) is 85.5 cm³/mol. The van der Waals surface area contributed by atoms with Crippen LogP contribution >= 0.6 is 0 Å². The molecule has 2 atom stereocenters. The van der Waals surface area contributed by atoms with Crippen molar-refractivity contribution in [2.75, 3.05) is 31.2 Å². The van der Waals surface area contributed by atoms with Gasteiger partial charge in [-0.05, 0) is 25.1 Å². The third kappa shape index (κ3) is 4.05. The van der Waals surface area contributed by atoms with Crippen molar-refractivity contribution in [3.63, 3.8) is 0 Å². The van der Waals surface area contributed by atoms with Crippen LogP contribution in [0, 0.1) is 5.92 Å². The lowest BCUT2D eigenvalue weighted by Gasteiger charge is -2.28. The van der Waals surface area contributed by atoms with Gasteiger partial charge in [0.05, 0.1) is 19.1 Å². The lowest BCUT2D eigenvalue weighted by Crippen LogP contribution is -2.46. The van der Waals surface area contributed by atoms with Crippen molar-refractivity contribution in [2.24, 2.45) is 5.92 Å².